The summed E-state index contributed by atoms with van der Waals surface area (Å²) in [6, 6.07) is 11.4. The monoisotopic (exact) mass is 546 g/mol. The van der Waals surface area contributed by atoms with E-state index in [4.69, 9.17) is 0 Å². The molecule has 0 aliphatic carbocycles. The summed E-state index contributed by atoms with van der Waals surface area (Å²) in [6.07, 6.45) is 24.0. The van der Waals surface area contributed by atoms with E-state index in [1.54, 1.807) is 24.8 Å². The predicted octanol–water partition coefficient (Wildman–Crippen LogP) is 10.1. The van der Waals surface area contributed by atoms with Gasteiger partial charge in [0.15, 0.2) is 0 Å². The summed E-state index contributed by atoms with van der Waals surface area (Å²) in [4.78, 5) is 7.57. The van der Waals surface area contributed by atoms with Crippen LogP contribution in [0.25, 0.3) is 0 Å². The van der Waals surface area contributed by atoms with Crippen LogP contribution in [0.5, 0.6) is 0 Å². The average Bonchev–Trinajstić information content (AvgIpc) is 2.78. The molecule has 0 amide bonds. The molecule has 0 saturated carbocycles. The van der Waals surface area contributed by atoms with Crippen LogP contribution in [0.1, 0.15) is 105 Å². The second-order valence-corrected chi connectivity index (χ2v) is 6.88. The molecule has 2 nitrogen and oxygen atoms in total. The molecule has 30 heavy (non-hydrogen) atoms. The number of rotatable bonds is 10. The molecule has 4 heteroatoms. The first-order valence-corrected chi connectivity index (χ1v) is 11.5. The number of hydrogen-bond acceptors (Lipinski definition) is 2. The van der Waals surface area contributed by atoms with Gasteiger partial charge in [-0.3, -0.25) is 9.97 Å². The third-order valence-electron chi connectivity index (χ3n) is 4.05. The number of aromatic nitrogens is 2. The summed E-state index contributed by atoms with van der Waals surface area (Å²) in [5.74, 6) is 0. The van der Waals surface area contributed by atoms with Crippen LogP contribution in [-0.2, 0) is 0 Å². The van der Waals surface area contributed by atoms with Gasteiger partial charge in [-0.05, 0) is 24.3 Å². The lowest BCUT2D eigenvalue weighted by atomic mass is 10.1. The van der Waals surface area contributed by atoms with Gasteiger partial charge in [0.25, 0.3) is 0 Å². The molecule has 2 aromatic heterocycles. The van der Waals surface area contributed by atoms with Crippen LogP contribution in [0.4, 0.5) is 0 Å². The van der Waals surface area contributed by atoms with Gasteiger partial charge < -0.3 is 0 Å². The summed E-state index contributed by atoms with van der Waals surface area (Å²) in [7, 11) is 0. The molecule has 0 atom stereocenters. The molecular weight excluding hydrogens is 500 g/mol. The van der Waals surface area contributed by atoms with Gasteiger partial charge >= 0.3 is 0 Å². The van der Waals surface area contributed by atoms with Crippen molar-refractivity contribution in [1.29, 1.82) is 0 Å². The van der Waals surface area contributed by atoms with E-state index in [9.17, 15) is 0 Å². The number of nitrogens with zero attached hydrogens (tertiary/aromatic N) is 2. The number of halogens is 2. The maximum absolute atomic E-state index is 3.78. The van der Waals surface area contributed by atoms with E-state index in [2.05, 4.69) is 37.7 Å². The highest BCUT2D eigenvalue weighted by molar-refractivity contribution is 8.93. The largest absolute Gasteiger partial charge is 0.265 e. The minimum atomic E-state index is 0. The van der Waals surface area contributed by atoms with E-state index in [-0.39, 0.29) is 34.0 Å². The second kappa shape index (κ2) is 38.8. The first-order valence-electron chi connectivity index (χ1n) is 11.5. The molecular formula is C26H48Br2N2. The Hall–Kier alpha value is -0.740. The number of pyridine rings is 2. The van der Waals surface area contributed by atoms with Crippen molar-refractivity contribution in [1.82, 2.24) is 9.97 Å². The van der Waals surface area contributed by atoms with Gasteiger partial charge in [0.2, 0.25) is 0 Å². The lowest BCUT2D eigenvalue weighted by Crippen LogP contribution is -1.73. The van der Waals surface area contributed by atoms with Crippen LogP contribution in [0.15, 0.2) is 61.2 Å². The van der Waals surface area contributed by atoms with Crippen molar-refractivity contribution in [3.05, 3.63) is 61.2 Å². The zero-order valence-corrected chi connectivity index (χ0v) is 23.4. The summed E-state index contributed by atoms with van der Waals surface area (Å²) in [5, 5.41) is 0. The Bertz CT molecular complexity index is 332. The van der Waals surface area contributed by atoms with Crippen molar-refractivity contribution < 1.29 is 0 Å². The van der Waals surface area contributed by atoms with Gasteiger partial charge in [0.1, 0.15) is 0 Å². The first-order chi connectivity index (χ1) is 13.8. The van der Waals surface area contributed by atoms with Crippen molar-refractivity contribution >= 4 is 34.0 Å². The highest BCUT2D eigenvalue weighted by Gasteiger charge is 1.84. The van der Waals surface area contributed by atoms with E-state index in [1.165, 1.54) is 77.0 Å². The van der Waals surface area contributed by atoms with Crippen LogP contribution < -0.4 is 0 Å². The SMILES string of the molecule is Br.Br.CCCCCCCC.CCCCCCCC.c1ccncc1.c1ccncc1. The van der Waals surface area contributed by atoms with Gasteiger partial charge in [0.05, 0.1) is 0 Å². The zero-order valence-electron chi connectivity index (χ0n) is 20.0. The topological polar surface area (TPSA) is 25.8 Å². The van der Waals surface area contributed by atoms with Gasteiger partial charge in [0, 0.05) is 24.8 Å². The molecule has 0 aliphatic heterocycles. The molecule has 2 aromatic rings. The van der Waals surface area contributed by atoms with Crippen LogP contribution >= 0.6 is 34.0 Å². The maximum atomic E-state index is 3.78. The Morgan fingerprint density at radius 1 is 0.367 bits per heavy atom. The quantitative estimate of drug-likeness (QED) is 0.276. The highest BCUT2D eigenvalue weighted by atomic mass is 79.9. The molecule has 2 heterocycles. The van der Waals surface area contributed by atoms with E-state index in [0.29, 0.717) is 0 Å². The summed E-state index contributed by atoms with van der Waals surface area (Å²) < 4.78 is 0. The fraction of sp³-hybridized carbons (Fsp3) is 0.615. The Kier molecular flexibility index (Phi) is 47.4. The molecule has 0 aliphatic rings. The van der Waals surface area contributed by atoms with Gasteiger partial charge in [-0.1, -0.05) is 117 Å². The van der Waals surface area contributed by atoms with Crippen molar-refractivity contribution in [2.45, 2.75) is 105 Å². The molecule has 2 rings (SSSR count). The number of hydrogen-bond donors (Lipinski definition) is 0. The molecule has 0 N–H and O–H groups in total. The van der Waals surface area contributed by atoms with Crippen molar-refractivity contribution in [2.24, 2.45) is 0 Å². The lowest BCUT2D eigenvalue weighted by Gasteiger charge is -1.93. The van der Waals surface area contributed by atoms with Crippen LogP contribution in [0.2, 0.25) is 0 Å². The lowest BCUT2D eigenvalue weighted by molar-refractivity contribution is 0.624. The average molecular weight is 548 g/mol. The Labute approximate surface area is 209 Å². The Morgan fingerprint density at radius 3 is 0.700 bits per heavy atom. The van der Waals surface area contributed by atoms with Gasteiger partial charge in [-0.15, -0.1) is 34.0 Å². The highest BCUT2D eigenvalue weighted by Crippen LogP contribution is 2.04. The van der Waals surface area contributed by atoms with E-state index in [0.717, 1.165) is 0 Å². The van der Waals surface area contributed by atoms with E-state index in [1.807, 2.05) is 36.4 Å². The molecule has 0 fully saturated rings. The van der Waals surface area contributed by atoms with Crippen LogP contribution in [0, 0.1) is 0 Å². The summed E-state index contributed by atoms with van der Waals surface area (Å²) >= 11 is 0. The third-order valence-corrected chi connectivity index (χ3v) is 4.05. The third kappa shape index (κ3) is 41.6. The van der Waals surface area contributed by atoms with Crippen molar-refractivity contribution in [2.75, 3.05) is 0 Å². The standard InChI is InChI=1S/2C8H18.2C5H5N.2BrH/c2*1-3-5-7-8-6-4-2;2*1-2-4-6-5-3-1;;/h2*3-8H2,1-2H3;2*1-5H;2*1H. The molecule has 0 bridgehead atoms. The molecule has 0 saturated heterocycles. The Balaban J connectivity index is -0.000000148. The van der Waals surface area contributed by atoms with E-state index < -0.39 is 0 Å². The molecule has 176 valence electrons. The minimum absolute atomic E-state index is 0. The number of unbranched alkanes of at least 4 members (excludes halogenated alkanes) is 10. The summed E-state index contributed by atoms with van der Waals surface area (Å²) in [5.41, 5.74) is 0. The van der Waals surface area contributed by atoms with Crippen LogP contribution in [-0.4, -0.2) is 9.97 Å². The van der Waals surface area contributed by atoms with E-state index >= 15 is 0 Å². The summed E-state index contributed by atoms with van der Waals surface area (Å²) in [6.45, 7) is 9.02. The van der Waals surface area contributed by atoms with Gasteiger partial charge in [-0.25, -0.2) is 0 Å². The van der Waals surface area contributed by atoms with Crippen LogP contribution in [0.3, 0.4) is 0 Å². The molecule has 0 unspecified atom stereocenters. The fourth-order valence-electron chi connectivity index (χ4n) is 2.33. The first kappa shape index (κ1) is 36.6. The molecule has 0 radical (unpaired) electrons. The van der Waals surface area contributed by atoms with Gasteiger partial charge in [-0.2, -0.15) is 0 Å². The smallest absolute Gasteiger partial charge is 0.0267 e. The maximum Gasteiger partial charge on any atom is 0.0267 e. The fourth-order valence-corrected chi connectivity index (χ4v) is 2.33. The predicted molar refractivity (Wildman–Crippen MR) is 147 cm³/mol. The molecule has 0 spiro atoms. The molecule has 0 aromatic carbocycles. The Morgan fingerprint density at radius 2 is 0.600 bits per heavy atom. The van der Waals surface area contributed by atoms with Crippen molar-refractivity contribution in [3.8, 4) is 0 Å². The van der Waals surface area contributed by atoms with Crippen molar-refractivity contribution in [3.63, 3.8) is 0 Å². The normalized spacial score (nSPS) is 8.40. The second-order valence-electron chi connectivity index (χ2n) is 6.88. The minimum Gasteiger partial charge on any atom is -0.265 e. The zero-order chi connectivity index (χ0) is 21.0.